The van der Waals surface area contributed by atoms with Crippen LogP contribution in [0, 0.1) is 5.82 Å². The number of nitrogens with zero attached hydrogens (tertiary/aromatic N) is 3. The summed E-state index contributed by atoms with van der Waals surface area (Å²) in [6, 6.07) is 6.23. The monoisotopic (exact) mass is 351 g/mol. The molecule has 6 nitrogen and oxygen atoms in total. The number of fused-ring (bicyclic) bond motifs is 1. The van der Waals surface area contributed by atoms with E-state index in [-0.39, 0.29) is 11.4 Å². The fourth-order valence-electron chi connectivity index (χ4n) is 2.66. The number of H-pyrrole nitrogens is 1. The van der Waals surface area contributed by atoms with Gasteiger partial charge in [-0.1, -0.05) is 0 Å². The normalized spacial score (nSPS) is 11.8. The molecule has 1 aromatic carbocycles. The van der Waals surface area contributed by atoms with Crippen molar-refractivity contribution in [2.24, 2.45) is 0 Å². The second kappa shape index (κ2) is 5.94. The van der Waals surface area contributed by atoms with Crippen LogP contribution >= 0.6 is 0 Å². The lowest BCUT2D eigenvalue weighted by atomic mass is 10.1. The molecule has 3 aromatic heterocycles. The van der Waals surface area contributed by atoms with Crippen molar-refractivity contribution < 1.29 is 8.81 Å². The van der Waals surface area contributed by atoms with E-state index in [0.717, 1.165) is 11.1 Å². The third-order valence-electron chi connectivity index (χ3n) is 3.79. The lowest BCUT2D eigenvalue weighted by molar-refractivity contribution is 0.601. The van der Waals surface area contributed by atoms with Crippen LogP contribution in [0.2, 0.25) is 0 Å². The number of benzene rings is 1. The molecule has 0 amide bonds. The lowest BCUT2D eigenvalue weighted by Crippen LogP contribution is -2.27. The van der Waals surface area contributed by atoms with Gasteiger partial charge >= 0.3 is 0 Å². The maximum absolute atomic E-state index is 13.5. The standard InChI is InChI=1S/C19H18FN5O/c1-19(2,3)25-17-14(6-11(8-21-17)12-9-22-23-10-12)18-24-15-5-4-13(20)7-16(15)26-18/h4-10H,1-3H3,(H,21,25)(H,22,23). The smallest absolute Gasteiger partial charge is 0.231 e. The maximum atomic E-state index is 13.5. The third-order valence-corrected chi connectivity index (χ3v) is 3.79. The van der Waals surface area contributed by atoms with Crippen LogP contribution in [0.25, 0.3) is 33.7 Å². The molecular weight excluding hydrogens is 333 g/mol. The van der Waals surface area contributed by atoms with Crippen molar-refractivity contribution in [3.8, 4) is 22.6 Å². The van der Waals surface area contributed by atoms with Crippen LogP contribution in [0.1, 0.15) is 20.8 Å². The highest BCUT2D eigenvalue weighted by Gasteiger charge is 2.19. The van der Waals surface area contributed by atoms with Crippen LogP contribution in [-0.2, 0) is 0 Å². The Hall–Kier alpha value is -3.22. The quantitative estimate of drug-likeness (QED) is 0.562. The summed E-state index contributed by atoms with van der Waals surface area (Å²) in [5, 5.41) is 10.1. The first-order chi connectivity index (χ1) is 12.4. The van der Waals surface area contributed by atoms with Gasteiger partial charge in [0.1, 0.15) is 17.2 Å². The van der Waals surface area contributed by atoms with Gasteiger partial charge in [-0.15, -0.1) is 0 Å². The highest BCUT2D eigenvalue weighted by atomic mass is 19.1. The summed E-state index contributed by atoms with van der Waals surface area (Å²) in [6.45, 7) is 6.14. The summed E-state index contributed by atoms with van der Waals surface area (Å²) >= 11 is 0. The molecule has 4 aromatic rings. The Morgan fingerprint density at radius 2 is 1.96 bits per heavy atom. The molecule has 0 bridgehead atoms. The number of pyridine rings is 1. The molecule has 26 heavy (non-hydrogen) atoms. The number of hydrogen-bond donors (Lipinski definition) is 2. The summed E-state index contributed by atoms with van der Waals surface area (Å²) in [6.07, 6.45) is 5.28. The van der Waals surface area contributed by atoms with Gasteiger partial charge in [-0.25, -0.2) is 14.4 Å². The van der Waals surface area contributed by atoms with E-state index in [1.165, 1.54) is 12.1 Å². The summed E-state index contributed by atoms with van der Waals surface area (Å²) in [5.74, 6) is 0.672. The number of hydrogen-bond acceptors (Lipinski definition) is 5. The van der Waals surface area contributed by atoms with Gasteiger partial charge in [0.25, 0.3) is 0 Å². The van der Waals surface area contributed by atoms with Crippen LogP contribution in [0.3, 0.4) is 0 Å². The second-order valence-electron chi connectivity index (χ2n) is 7.11. The fraction of sp³-hybridized carbons (Fsp3) is 0.211. The lowest BCUT2D eigenvalue weighted by Gasteiger charge is -2.22. The predicted octanol–water partition coefficient (Wildman–Crippen LogP) is 4.63. The first kappa shape index (κ1) is 16.3. The Bertz CT molecular complexity index is 1060. The summed E-state index contributed by atoms with van der Waals surface area (Å²) in [7, 11) is 0. The number of aromatic nitrogens is 4. The summed E-state index contributed by atoms with van der Waals surface area (Å²) in [4.78, 5) is 9.06. The molecule has 0 fully saturated rings. The number of anilines is 1. The molecule has 132 valence electrons. The Morgan fingerprint density at radius 1 is 1.12 bits per heavy atom. The molecule has 0 radical (unpaired) electrons. The zero-order chi connectivity index (χ0) is 18.3. The minimum atomic E-state index is -0.362. The van der Waals surface area contributed by atoms with Crippen molar-refractivity contribution >= 4 is 16.9 Å². The highest BCUT2D eigenvalue weighted by molar-refractivity contribution is 5.81. The van der Waals surface area contributed by atoms with Crippen LogP contribution in [-0.4, -0.2) is 25.7 Å². The van der Waals surface area contributed by atoms with E-state index < -0.39 is 0 Å². The highest BCUT2D eigenvalue weighted by Crippen LogP contribution is 2.33. The van der Waals surface area contributed by atoms with E-state index in [1.54, 1.807) is 24.7 Å². The molecule has 7 heteroatoms. The topological polar surface area (TPSA) is 79.6 Å². The van der Waals surface area contributed by atoms with E-state index in [4.69, 9.17) is 4.42 Å². The maximum Gasteiger partial charge on any atom is 0.231 e. The van der Waals surface area contributed by atoms with Crippen molar-refractivity contribution in [2.75, 3.05) is 5.32 Å². The SMILES string of the molecule is CC(C)(C)Nc1ncc(-c2cn[nH]c2)cc1-c1nc2ccc(F)cc2o1. The number of rotatable bonds is 3. The molecule has 0 aliphatic heterocycles. The average Bonchev–Trinajstić information content (AvgIpc) is 3.22. The number of aromatic amines is 1. The molecule has 0 saturated heterocycles. The summed E-state index contributed by atoms with van der Waals surface area (Å²) in [5.41, 5.74) is 3.28. The van der Waals surface area contributed by atoms with E-state index in [0.29, 0.717) is 28.4 Å². The van der Waals surface area contributed by atoms with Crippen molar-refractivity contribution in [1.82, 2.24) is 20.2 Å². The third kappa shape index (κ3) is 3.15. The Morgan fingerprint density at radius 3 is 2.69 bits per heavy atom. The van der Waals surface area contributed by atoms with Gasteiger partial charge < -0.3 is 9.73 Å². The Kier molecular flexibility index (Phi) is 3.72. The Labute approximate surface area is 149 Å². The van der Waals surface area contributed by atoms with Crippen LogP contribution in [0.5, 0.6) is 0 Å². The van der Waals surface area contributed by atoms with Gasteiger partial charge in [-0.05, 0) is 39.0 Å². The van der Waals surface area contributed by atoms with Gasteiger partial charge in [-0.2, -0.15) is 5.10 Å². The molecule has 0 aliphatic rings. The number of oxazole rings is 1. The largest absolute Gasteiger partial charge is 0.436 e. The minimum absolute atomic E-state index is 0.197. The van der Waals surface area contributed by atoms with Gasteiger partial charge in [0, 0.05) is 35.1 Å². The van der Waals surface area contributed by atoms with Crippen molar-refractivity contribution in [3.63, 3.8) is 0 Å². The molecule has 0 spiro atoms. The van der Waals surface area contributed by atoms with Crippen LogP contribution < -0.4 is 5.32 Å². The number of halogens is 1. The van der Waals surface area contributed by atoms with Crippen molar-refractivity contribution in [2.45, 2.75) is 26.3 Å². The molecular formula is C19H18FN5O. The van der Waals surface area contributed by atoms with Gasteiger partial charge in [0.05, 0.1) is 11.8 Å². The van der Waals surface area contributed by atoms with Crippen LogP contribution in [0.4, 0.5) is 10.2 Å². The minimum Gasteiger partial charge on any atom is -0.436 e. The molecule has 3 heterocycles. The fourth-order valence-corrected chi connectivity index (χ4v) is 2.66. The zero-order valence-electron chi connectivity index (χ0n) is 14.7. The van der Waals surface area contributed by atoms with Crippen LogP contribution in [0.15, 0.2) is 47.3 Å². The van der Waals surface area contributed by atoms with Crippen molar-refractivity contribution in [3.05, 3.63) is 48.7 Å². The molecule has 0 unspecified atom stereocenters. The van der Waals surface area contributed by atoms with E-state index in [9.17, 15) is 4.39 Å². The zero-order valence-corrected chi connectivity index (χ0v) is 14.7. The van der Waals surface area contributed by atoms with Gasteiger partial charge in [0.15, 0.2) is 5.58 Å². The molecule has 4 rings (SSSR count). The summed E-state index contributed by atoms with van der Waals surface area (Å²) < 4.78 is 19.3. The number of nitrogens with one attached hydrogen (secondary N) is 2. The van der Waals surface area contributed by atoms with E-state index >= 15 is 0 Å². The first-order valence-electron chi connectivity index (χ1n) is 8.23. The van der Waals surface area contributed by atoms with E-state index in [1.807, 2.05) is 26.8 Å². The first-order valence-corrected chi connectivity index (χ1v) is 8.23. The molecule has 0 aliphatic carbocycles. The van der Waals surface area contributed by atoms with Crippen molar-refractivity contribution in [1.29, 1.82) is 0 Å². The van der Waals surface area contributed by atoms with E-state index in [2.05, 4.69) is 25.5 Å². The second-order valence-corrected chi connectivity index (χ2v) is 7.11. The van der Waals surface area contributed by atoms with Gasteiger partial charge in [-0.3, -0.25) is 5.10 Å². The molecule has 2 N–H and O–H groups in total. The van der Waals surface area contributed by atoms with Gasteiger partial charge in [0.2, 0.25) is 5.89 Å². The molecule has 0 saturated carbocycles. The Balaban J connectivity index is 1.88. The molecule has 0 atom stereocenters. The average molecular weight is 351 g/mol. The predicted molar refractivity (Wildman–Crippen MR) is 98.2 cm³/mol.